The molecule has 1 aromatic heterocycles. The van der Waals surface area contributed by atoms with E-state index in [9.17, 15) is 4.79 Å². The number of hydrogen-bond donors (Lipinski definition) is 1. The van der Waals surface area contributed by atoms with Gasteiger partial charge in [-0.3, -0.25) is 4.79 Å². The largest absolute Gasteiger partial charge is 0.342 e. The Kier molecular flexibility index (Phi) is 4.08. The van der Waals surface area contributed by atoms with Gasteiger partial charge in [-0.25, -0.2) is 0 Å². The number of nitrogens with zero attached hydrogens (tertiary/aromatic N) is 3. The van der Waals surface area contributed by atoms with Crippen molar-refractivity contribution >= 4 is 5.91 Å². The third-order valence-electron chi connectivity index (χ3n) is 2.83. The number of hydrogen-bond acceptors (Lipinski definition) is 5. The van der Waals surface area contributed by atoms with E-state index < -0.39 is 0 Å². The molecule has 94 valence electrons. The molecule has 0 atom stereocenters. The first kappa shape index (κ1) is 12.0. The molecule has 0 aromatic carbocycles. The van der Waals surface area contributed by atoms with Crippen LogP contribution < -0.4 is 5.32 Å². The van der Waals surface area contributed by atoms with E-state index in [-0.39, 0.29) is 5.91 Å². The fraction of sp³-hybridized carbons (Fsp3) is 0.727. The van der Waals surface area contributed by atoms with Gasteiger partial charge in [0.2, 0.25) is 11.8 Å². The molecule has 1 aliphatic heterocycles. The topological polar surface area (TPSA) is 71.3 Å². The highest BCUT2D eigenvalue weighted by Crippen LogP contribution is 2.06. The Balaban J connectivity index is 1.61. The summed E-state index contributed by atoms with van der Waals surface area (Å²) < 4.78 is 4.86. The van der Waals surface area contributed by atoms with Crippen LogP contribution in [0.15, 0.2) is 4.52 Å². The van der Waals surface area contributed by atoms with E-state index in [1.54, 1.807) is 6.92 Å². The third kappa shape index (κ3) is 3.52. The summed E-state index contributed by atoms with van der Waals surface area (Å²) in [4.78, 5) is 17.7. The molecule has 0 spiro atoms. The highest BCUT2D eigenvalue weighted by Gasteiger charge is 2.16. The number of aromatic nitrogens is 2. The minimum atomic E-state index is 0.187. The number of rotatable bonds is 5. The number of likely N-dealkylation sites (tertiary alicyclic amines) is 1. The summed E-state index contributed by atoms with van der Waals surface area (Å²) in [5.74, 6) is 1.45. The molecule has 1 fully saturated rings. The summed E-state index contributed by atoms with van der Waals surface area (Å²) in [7, 11) is 0. The molecule has 0 radical (unpaired) electrons. The van der Waals surface area contributed by atoms with Crippen molar-refractivity contribution in [2.75, 3.05) is 26.2 Å². The lowest BCUT2D eigenvalue weighted by Gasteiger charge is -2.15. The third-order valence-corrected chi connectivity index (χ3v) is 2.83. The van der Waals surface area contributed by atoms with E-state index in [1.807, 2.05) is 4.90 Å². The SMILES string of the molecule is Cc1nc(CCNCC(=O)N2CCCC2)no1. The molecule has 1 aromatic rings. The van der Waals surface area contributed by atoms with Crippen LogP contribution in [0.4, 0.5) is 0 Å². The zero-order chi connectivity index (χ0) is 12.1. The van der Waals surface area contributed by atoms with Crippen molar-refractivity contribution in [3.05, 3.63) is 11.7 Å². The van der Waals surface area contributed by atoms with Gasteiger partial charge < -0.3 is 14.7 Å². The minimum absolute atomic E-state index is 0.187. The quantitative estimate of drug-likeness (QED) is 0.738. The summed E-state index contributed by atoms with van der Waals surface area (Å²) >= 11 is 0. The van der Waals surface area contributed by atoms with Gasteiger partial charge in [-0.15, -0.1) is 0 Å². The van der Waals surface area contributed by atoms with Crippen molar-refractivity contribution in [2.45, 2.75) is 26.2 Å². The van der Waals surface area contributed by atoms with E-state index in [4.69, 9.17) is 4.52 Å². The van der Waals surface area contributed by atoms with Gasteiger partial charge in [0.25, 0.3) is 0 Å². The lowest BCUT2D eigenvalue weighted by Crippen LogP contribution is -2.36. The van der Waals surface area contributed by atoms with E-state index in [1.165, 1.54) is 0 Å². The Labute approximate surface area is 100 Å². The minimum Gasteiger partial charge on any atom is -0.342 e. The summed E-state index contributed by atoms with van der Waals surface area (Å²) in [6.45, 7) is 4.67. The lowest BCUT2D eigenvalue weighted by atomic mass is 10.4. The molecule has 1 amide bonds. The number of aryl methyl sites for hydroxylation is 1. The van der Waals surface area contributed by atoms with Crippen LogP contribution in [0.5, 0.6) is 0 Å². The number of carbonyl (C=O) groups is 1. The fourth-order valence-corrected chi connectivity index (χ4v) is 1.92. The average Bonchev–Trinajstić information content (AvgIpc) is 2.95. The molecule has 1 aliphatic rings. The molecule has 6 nitrogen and oxygen atoms in total. The van der Waals surface area contributed by atoms with Crippen LogP contribution in [0.25, 0.3) is 0 Å². The second-order valence-corrected chi connectivity index (χ2v) is 4.24. The molecule has 0 bridgehead atoms. The Hall–Kier alpha value is -1.43. The maximum absolute atomic E-state index is 11.7. The van der Waals surface area contributed by atoms with Crippen LogP contribution in [0.2, 0.25) is 0 Å². The highest BCUT2D eigenvalue weighted by molar-refractivity contribution is 5.78. The standard InChI is InChI=1S/C11H18N4O2/c1-9-13-10(14-17-9)4-5-12-8-11(16)15-6-2-3-7-15/h12H,2-8H2,1H3. The van der Waals surface area contributed by atoms with E-state index >= 15 is 0 Å². The van der Waals surface area contributed by atoms with E-state index in [0.717, 1.165) is 25.9 Å². The van der Waals surface area contributed by atoms with Crippen LogP contribution in [0.1, 0.15) is 24.6 Å². The predicted octanol–water partition coefficient (Wildman–Crippen LogP) is 0.133. The Morgan fingerprint density at radius 3 is 2.88 bits per heavy atom. The molecule has 0 unspecified atom stereocenters. The van der Waals surface area contributed by atoms with Crippen molar-refractivity contribution in [3.63, 3.8) is 0 Å². The first-order valence-corrected chi connectivity index (χ1v) is 6.03. The number of nitrogens with one attached hydrogen (secondary N) is 1. The highest BCUT2D eigenvalue weighted by atomic mass is 16.5. The first-order valence-electron chi connectivity index (χ1n) is 6.03. The van der Waals surface area contributed by atoms with Crippen molar-refractivity contribution in [3.8, 4) is 0 Å². The van der Waals surface area contributed by atoms with Gasteiger partial charge >= 0.3 is 0 Å². The van der Waals surface area contributed by atoms with E-state index in [0.29, 0.717) is 31.2 Å². The van der Waals surface area contributed by atoms with Crippen molar-refractivity contribution in [1.29, 1.82) is 0 Å². The molecule has 6 heteroatoms. The second kappa shape index (κ2) is 5.77. The molecular weight excluding hydrogens is 220 g/mol. The van der Waals surface area contributed by atoms with E-state index in [2.05, 4.69) is 15.5 Å². The molecular formula is C11H18N4O2. The number of carbonyl (C=O) groups excluding carboxylic acids is 1. The summed E-state index contributed by atoms with van der Waals surface area (Å²) in [6, 6.07) is 0. The lowest BCUT2D eigenvalue weighted by molar-refractivity contribution is -0.129. The summed E-state index contributed by atoms with van der Waals surface area (Å²) in [6.07, 6.45) is 2.95. The average molecular weight is 238 g/mol. The molecule has 2 rings (SSSR count). The first-order chi connectivity index (χ1) is 8.25. The van der Waals surface area contributed by atoms with Crippen molar-refractivity contribution in [1.82, 2.24) is 20.4 Å². The van der Waals surface area contributed by atoms with Gasteiger partial charge in [0.15, 0.2) is 5.82 Å². The Morgan fingerprint density at radius 2 is 2.24 bits per heavy atom. The zero-order valence-electron chi connectivity index (χ0n) is 10.1. The van der Waals surface area contributed by atoms with Crippen molar-refractivity contribution < 1.29 is 9.32 Å². The van der Waals surface area contributed by atoms with Crippen LogP contribution >= 0.6 is 0 Å². The molecule has 2 heterocycles. The monoisotopic (exact) mass is 238 g/mol. The Morgan fingerprint density at radius 1 is 1.47 bits per heavy atom. The zero-order valence-corrected chi connectivity index (χ0v) is 10.1. The van der Waals surface area contributed by atoms with Crippen LogP contribution in [0.3, 0.4) is 0 Å². The van der Waals surface area contributed by atoms with Gasteiger partial charge in [0.1, 0.15) is 0 Å². The van der Waals surface area contributed by atoms with Gasteiger partial charge in [-0.2, -0.15) is 4.98 Å². The van der Waals surface area contributed by atoms with Crippen LogP contribution in [-0.2, 0) is 11.2 Å². The van der Waals surface area contributed by atoms with Gasteiger partial charge in [-0.05, 0) is 12.8 Å². The molecule has 17 heavy (non-hydrogen) atoms. The fourth-order valence-electron chi connectivity index (χ4n) is 1.92. The maximum Gasteiger partial charge on any atom is 0.236 e. The maximum atomic E-state index is 11.7. The summed E-state index contributed by atoms with van der Waals surface area (Å²) in [5.41, 5.74) is 0. The van der Waals surface area contributed by atoms with Crippen molar-refractivity contribution in [2.24, 2.45) is 0 Å². The summed E-state index contributed by atoms with van der Waals surface area (Å²) in [5, 5.41) is 6.90. The van der Waals surface area contributed by atoms with Crippen LogP contribution in [0, 0.1) is 6.92 Å². The van der Waals surface area contributed by atoms with Gasteiger partial charge in [0.05, 0.1) is 6.54 Å². The second-order valence-electron chi connectivity index (χ2n) is 4.24. The number of amides is 1. The molecule has 1 saturated heterocycles. The van der Waals surface area contributed by atoms with Gasteiger partial charge in [0, 0.05) is 33.0 Å². The normalized spacial score (nSPS) is 15.5. The molecule has 1 N–H and O–H groups in total. The van der Waals surface area contributed by atoms with Gasteiger partial charge in [-0.1, -0.05) is 5.16 Å². The molecule has 0 saturated carbocycles. The Bertz CT molecular complexity index is 371. The smallest absolute Gasteiger partial charge is 0.236 e. The predicted molar refractivity (Wildman–Crippen MR) is 61.4 cm³/mol. The van der Waals surface area contributed by atoms with Crippen LogP contribution in [-0.4, -0.2) is 47.1 Å². The molecule has 0 aliphatic carbocycles.